The molecule has 1 rings (SSSR count). The van der Waals surface area contributed by atoms with Gasteiger partial charge in [0.15, 0.2) is 0 Å². The van der Waals surface area contributed by atoms with E-state index >= 15 is 0 Å². The Hall–Kier alpha value is -0.160. The molecule has 0 bridgehead atoms. The lowest BCUT2D eigenvalue weighted by Gasteiger charge is -2.31. The summed E-state index contributed by atoms with van der Waals surface area (Å²) in [6.45, 7) is 18.0. The van der Waals surface area contributed by atoms with Gasteiger partial charge in [-0.05, 0) is 73.9 Å². The molecule has 4 N–H and O–H groups in total. The molecule has 0 amide bonds. The Bertz CT molecular complexity index is 289. The molecular formula is C17H38N4. The van der Waals surface area contributed by atoms with E-state index in [1.54, 1.807) is 0 Å². The molecule has 0 saturated carbocycles. The van der Waals surface area contributed by atoms with Gasteiger partial charge in [0.2, 0.25) is 0 Å². The zero-order valence-corrected chi connectivity index (χ0v) is 15.1. The van der Waals surface area contributed by atoms with Crippen LogP contribution in [0.15, 0.2) is 0 Å². The highest BCUT2D eigenvalue weighted by atomic mass is 15.0. The second-order valence-corrected chi connectivity index (χ2v) is 8.09. The standard InChI is InChI=1S/C17H38N4/c1-14-12-17(5,6)21-11-10-19-15(2)13-16(3,4)20-9-7-8-18-14/h14-15,18-21H,7-13H2,1-6H3/t14-,15-/m0/s1. The lowest BCUT2D eigenvalue weighted by Crippen LogP contribution is -2.48. The molecular weight excluding hydrogens is 260 g/mol. The monoisotopic (exact) mass is 298 g/mol. The quantitative estimate of drug-likeness (QED) is 0.551. The second kappa shape index (κ2) is 8.47. The third-order valence-corrected chi connectivity index (χ3v) is 4.30. The highest BCUT2D eigenvalue weighted by molar-refractivity contribution is 4.85. The zero-order chi connectivity index (χ0) is 15.9. The van der Waals surface area contributed by atoms with Crippen LogP contribution in [0.4, 0.5) is 0 Å². The molecule has 0 radical (unpaired) electrons. The molecule has 126 valence electrons. The maximum atomic E-state index is 3.69. The number of hydrogen-bond acceptors (Lipinski definition) is 4. The van der Waals surface area contributed by atoms with Crippen molar-refractivity contribution in [2.75, 3.05) is 26.2 Å². The average Bonchev–Trinajstić information content (AvgIpc) is 2.32. The minimum Gasteiger partial charge on any atom is -0.314 e. The number of rotatable bonds is 0. The van der Waals surface area contributed by atoms with Gasteiger partial charge in [-0.15, -0.1) is 0 Å². The van der Waals surface area contributed by atoms with Crippen LogP contribution in [-0.2, 0) is 0 Å². The summed E-state index contributed by atoms with van der Waals surface area (Å²) < 4.78 is 0. The van der Waals surface area contributed by atoms with Crippen molar-refractivity contribution in [3.8, 4) is 0 Å². The van der Waals surface area contributed by atoms with Crippen LogP contribution in [0.5, 0.6) is 0 Å². The molecule has 0 aromatic carbocycles. The first-order chi connectivity index (χ1) is 9.70. The van der Waals surface area contributed by atoms with Crippen LogP contribution in [-0.4, -0.2) is 49.3 Å². The molecule has 0 unspecified atom stereocenters. The second-order valence-electron chi connectivity index (χ2n) is 8.09. The smallest absolute Gasteiger partial charge is 0.0140 e. The molecule has 1 fully saturated rings. The third kappa shape index (κ3) is 8.77. The molecule has 0 aliphatic carbocycles. The van der Waals surface area contributed by atoms with E-state index in [1.165, 1.54) is 6.42 Å². The van der Waals surface area contributed by atoms with Crippen molar-refractivity contribution >= 4 is 0 Å². The Balaban J connectivity index is 2.55. The van der Waals surface area contributed by atoms with E-state index in [9.17, 15) is 0 Å². The summed E-state index contributed by atoms with van der Waals surface area (Å²) in [5.74, 6) is 0. The third-order valence-electron chi connectivity index (χ3n) is 4.30. The molecule has 4 nitrogen and oxygen atoms in total. The average molecular weight is 299 g/mol. The van der Waals surface area contributed by atoms with E-state index in [-0.39, 0.29) is 11.1 Å². The normalized spacial score (nSPS) is 32.9. The Morgan fingerprint density at radius 2 is 1.14 bits per heavy atom. The fraction of sp³-hybridized carbons (Fsp3) is 1.00. The topological polar surface area (TPSA) is 48.1 Å². The molecule has 1 aliphatic heterocycles. The van der Waals surface area contributed by atoms with Crippen molar-refractivity contribution in [2.24, 2.45) is 0 Å². The van der Waals surface area contributed by atoms with Crippen molar-refractivity contribution in [1.82, 2.24) is 21.3 Å². The van der Waals surface area contributed by atoms with Crippen LogP contribution < -0.4 is 21.3 Å². The van der Waals surface area contributed by atoms with E-state index in [0.717, 1.165) is 39.0 Å². The summed E-state index contributed by atoms with van der Waals surface area (Å²) in [7, 11) is 0. The molecule has 1 aliphatic rings. The van der Waals surface area contributed by atoms with Crippen LogP contribution in [0.1, 0.15) is 60.8 Å². The van der Waals surface area contributed by atoms with Crippen molar-refractivity contribution in [3.05, 3.63) is 0 Å². The van der Waals surface area contributed by atoms with E-state index in [2.05, 4.69) is 62.8 Å². The van der Waals surface area contributed by atoms with Crippen molar-refractivity contribution < 1.29 is 0 Å². The molecule has 0 spiro atoms. The fourth-order valence-electron chi connectivity index (χ4n) is 3.40. The SMILES string of the molecule is C[C@H]1CC(C)(C)NCCCN[C@@H](C)CC(C)(C)NCCN1. The van der Waals surface area contributed by atoms with E-state index < -0.39 is 0 Å². The highest BCUT2D eigenvalue weighted by Crippen LogP contribution is 2.13. The van der Waals surface area contributed by atoms with Gasteiger partial charge in [-0.2, -0.15) is 0 Å². The lowest BCUT2D eigenvalue weighted by atomic mass is 9.95. The molecule has 4 heteroatoms. The molecule has 1 saturated heterocycles. The Morgan fingerprint density at radius 1 is 0.667 bits per heavy atom. The minimum atomic E-state index is 0.190. The predicted molar refractivity (Wildman–Crippen MR) is 92.9 cm³/mol. The Kier molecular flexibility index (Phi) is 7.62. The van der Waals surface area contributed by atoms with Gasteiger partial charge < -0.3 is 21.3 Å². The number of hydrogen-bond donors (Lipinski definition) is 4. The largest absolute Gasteiger partial charge is 0.314 e. The van der Waals surface area contributed by atoms with Crippen LogP contribution in [0.3, 0.4) is 0 Å². The van der Waals surface area contributed by atoms with Gasteiger partial charge in [0.1, 0.15) is 0 Å². The van der Waals surface area contributed by atoms with Gasteiger partial charge >= 0.3 is 0 Å². The van der Waals surface area contributed by atoms with Crippen molar-refractivity contribution in [2.45, 2.75) is 84.0 Å². The summed E-state index contributed by atoms with van der Waals surface area (Å²) >= 11 is 0. The van der Waals surface area contributed by atoms with Gasteiger partial charge in [-0.25, -0.2) is 0 Å². The van der Waals surface area contributed by atoms with Gasteiger partial charge in [0, 0.05) is 36.3 Å². The van der Waals surface area contributed by atoms with Gasteiger partial charge in [0.05, 0.1) is 0 Å². The zero-order valence-electron chi connectivity index (χ0n) is 15.1. The highest BCUT2D eigenvalue weighted by Gasteiger charge is 2.22. The van der Waals surface area contributed by atoms with E-state index in [4.69, 9.17) is 0 Å². The Morgan fingerprint density at radius 3 is 1.71 bits per heavy atom. The van der Waals surface area contributed by atoms with Crippen molar-refractivity contribution in [3.63, 3.8) is 0 Å². The molecule has 21 heavy (non-hydrogen) atoms. The Labute approximate surface area is 132 Å². The number of nitrogens with one attached hydrogen (secondary N) is 4. The minimum absolute atomic E-state index is 0.190. The van der Waals surface area contributed by atoms with Crippen LogP contribution >= 0.6 is 0 Å². The van der Waals surface area contributed by atoms with Crippen LogP contribution in [0.2, 0.25) is 0 Å². The molecule has 1 heterocycles. The maximum Gasteiger partial charge on any atom is 0.0140 e. The van der Waals surface area contributed by atoms with E-state index in [1.807, 2.05) is 0 Å². The summed E-state index contributed by atoms with van der Waals surface area (Å²) in [6, 6.07) is 1.09. The molecule has 0 aromatic rings. The summed E-state index contributed by atoms with van der Waals surface area (Å²) in [5.41, 5.74) is 0.389. The first-order valence-corrected chi connectivity index (χ1v) is 8.67. The predicted octanol–water partition coefficient (Wildman–Crippen LogP) is 1.86. The van der Waals surface area contributed by atoms with Gasteiger partial charge in [-0.3, -0.25) is 0 Å². The summed E-state index contributed by atoms with van der Waals surface area (Å²) in [4.78, 5) is 0. The first-order valence-electron chi connectivity index (χ1n) is 8.67. The molecule has 2 atom stereocenters. The van der Waals surface area contributed by atoms with Crippen molar-refractivity contribution in [1.29, 1.82) is 0 Å². The molecule has 0 aromatic heterocycles. The first kappa shape index (κ1) is 18.9. The van der Waals surface area contributed by atoms with Crippen LogP contribution in [0.25, 0.3) is 0 Å². The summed E-state index contributed by atoms with van der Waals surface area (Å²) in [6.07, 6.45) is 3.49. The van der Waals surface area contributed by atoms with Gasteiger partial charge in [-0.1, -0.05) is 0 Å². The van der Waals surface area contributed by atoms with E-state index in [0.29, 0.717) is 12.1 Å². The lowest BCUT2D eigenvalue weighted by molar-refractivity contribution is 0.309. The maximum absolute atomic E-state index is 3.69. The van der Waals surface area contributed by atoms with Crippen LogP contribution in [0, 0.1) is 0 Å². The fourth-order valence-corrected chi connectivity index (χ4v) is 3.40. The summed E-state index contributed by atoms with van der Waals surface area (Å²) in [5, 5.41) is 14.7. The van der Waals surface area contributed by atoms with Gasteiger partial charge in [0.25, 0.3) is 0 Å².